The second-order valence-corrected chi connectivity index (χ2v) is 6.08. The van der Waals surface area contributed by atoms with Crippen molar-refractivity contribution in [2.75, 3.05) is 0 Å². The Morgan fingerprint density at radius 2 is 1.74 bits per heavy atom. The van der Waals surface area contributed by atoms with Gasteiger partial charge in [0.05, 0.1) is 26.0 Å². The predicted octanol–water partition coefficient (Wildman–Crippen LogP) is 5.02. The van der Waals surface area contributed by atoms with Crippen molar-refractivity contribution in [1.29, 1.82) is 0 Å². The highest BCUT2D eigenvalue weighted by molar-refractivity contribution is 7.09. The molecule has 2 heterocycles. The molecule has 0 saturated heterocycles. The summed E-state index contributed by atoms with van der Waals surface area (Å²) in [4.78, 5) is 13.0. The minimum atomic E-state index is 0.276. The van der Waals surface area contributed by atoms with E-state index in [1.807, 2.05) is 12.3 Å². The Morgan fingerprint density at radius 3 is 2.42 bits per heavy atom. The predicted molar refractivity (Wildman–Crippen MR) is 80.4 cm³/mol. The highest BCUT2D eigenvalue weighted by Gasteiger charge is 2.14. The highest BCUT2D eigenvalue weighted by Crippen LogP contribution is 2.34. The molecule has 0 radical (unpaired) electrons. The van der Waals surface area contributed by atoms with Gasteiger partial charge in [-0.3, -0.25) is 0 Å². The molecule has 0 aliphatic rings. The molecule has 0 unspecified atom stereocenters. The van der Waals surface area contributed by atoms with E-state index in [1.54, 1.807) is 12.1 Å². The van der Waals surface area contributed by atoms with E-state index in [4.69, 9.17) is 34.8 Å². The van der Waals surface area contributed by atoms with Crippen LogP contribution in [0.1, 0.15) is 5.01 Å². The smallest absolute Gasteiger partial charge is 0.181 e. The zero-order valence-corrected chi connectivity index (χ0v) is 12.7. The lowest BCUT2D eigenvalue weighted by molar-refractivity contribution is 1.18. The molecule has 0 aliphatic heterocycles. The second kappa shape index (κ2) is 4.87. The fourth-order valence-corrected chi connectivity index (χ4v) is 3.06. The summed E-state index contributed by atoms with van der Waals surface area (Å²) in [6.45, 7) is 1.92. The zero-order valence-electron chi connectivity index (χ0n) is 9.62. The Labute approximate surface area is 128 Å². The molecule has 0 aliphatic carbocycles. The van der Waals surface area contributed by atoms with Crippen LogP contribution in [0.25, 0.3) is 22.4 Å². The van der Waals surface area contributed by atoms with Crippen molar-refractivity contribution >= 4 is 57.0 Å². The summed E-state index contributed by atoms with van der Waals surface area (Å²) in [6.07, 6.45) is 0. The van der Waals surface area contributed by atoms with Crippen molar-refractivity contribution in [1.82, 2.24) is 15.0 Å². The van der Waals surface area contributed by atoms with Gasteiger partial charge in [0.15, 0.2) is 5.82 Å². The number of benzene rings is 1. The fourth-order valence-electron chi connectivity index (χ4n) is 1.71. The molecule has 0 amide bonds. The van der Waals surface area contributed by atoms with Gasteiger partial charge in [0, 0.05) is 5.38 Å². The lowest BCUT2D eigenvalue weighted by Gasteiger charge is -2.05. The number of halogens is 3. The summed E-state index contributed by atoms with van der Waals surface area (Å²) in [7, 11) is 0. The van der Waals surface area contributed by atoms with Gasteiger partial charge >= 0.3 is 0 Å². The van der Waals surface area contributed by atoms with E-state index in [9.17, 15) is 0 Å². The van der Waals surface area contributed by atoms with Crippen LogP contribution in [-0.2, 0) is 0 Å². The Morgan fingerprint density at radius 1 is 1.00 bits per heavy atom. The normalized spacial score (nSPS) is 11.2. The van der Waals surface area contributed by atoms with E-state index in [2.05, 4.69) is 15.0 Å². The van der Waals surface area contributed by atoms with Crippen molar-refractivity contribution in [3.8, 4) is 11.5 Å². The van der Waals surface area contributed by atoms with Crippen molar-refractivity contribution < 1.29 is 0 Å². The van der Waals surface area contributed by atoms with Crippen LogP contribution in [0, 0.1) is 6.92 Å². The van der Waals surface area contributed by atoms with Gasteiger partial charge < -0.3 is 0 Å². The molecular formula is C12H6Cl3N3S. The summed E-state index contributed by atoms with van der Waals surface area (Å²) in [5.74, 6) is 0.450. The molecule has 2 aromatic heterocycles. The number of hydrogen-bond donors (Lipinski definition) is 0. The van der Waals surface area contributed by atoms with E-state index in [0.29, 0.717) is 32.5 Å². The standard InChI is InChI=1S/C12H6Cl3N3S/c1-5-16-8(4-19-5)12-17-10-7(14)3-2-6(13)9(10)11(15)18-12/h2-4H,1H3. The first-order valence-electron chi connectivity index (χ1n) is 5.30. The van der Waals surface area contributed by atoms with Crippen LogP contribution in [0.5, 0.6) is 0 Å². The van der Waals surface area contributed by atoms with Crippen LogP contribution >= 0.6 is 46.1 Å². The van der Waals surface area contributed by atoms with Crippen molar-refractivity contribution in [2.24, 2.45) is 0 Å². The Balaban J connectivity index is 2.33. The maximum Gasteiger partial charge on any atom is 0.181 e. The van der Waals surface area contributed by atoms with Crippen LogP contribution in [-0.4, -0.2) is 15.0 Å². The molecule has 0 fully saturated rings. The topological polar surface area (TPSA) is 38.7 Å². The zero-order chi connectivity index (χ0) is 13.6. The molecule has 19 heavy (non-hydrogen) atoms. The molecule has 3 aromatic rings. The minimum Gasteiger partial charge on any atom is -0.238 e. The summed E-state index contributed by atoms with van der Waals surface area (Å²) < 4.78 is 0. The summed E-state index contributed by atoms with van der Waals surface area (Å²) in [6, 6.07) is 3.36. The lowest BCUT2D eigenvalue weighted by atomic mass is 10.2. The van der Waals surface area contributed by atoms with Crippen molar-refractivity contribution in [3.05, 3.63) is 37.7 Å². The summed E-state index contributed by atoms with van der Waals surface area (Å²) >= 11 is 19.9. The number of rotatable bonds is 1. The molecule has 7 heteroatoms. The quantitative estimate of drug-likeness (QED) is 0.588. The monoisotopic (exact) mass is 329 g/mol. The molecule has 3 nitrogen and oxygen atoms in total. The van der Waals surface area contributed by atoms with E-state index in [0.717, 1.165) is 5.01 Å². The minimum absolute atomic E-state index is 0.276. The Hall–Kier alpha value is -0.940. The molecule has 0 spiro atoms. The largest absolute Gasteiger partial charge is 0.238 e. The van der Waals surface area contributed by atoms with E-state index in [-0.39, 0.29) is 5.15 Å². The second-order valence-electron chi connectivity index (χ2n) is 3.84. The third-order valence-electron chi connectivity index (χ3n) is 2.55. The molecule has 96 valence electrons. The lowest BCUT2D eigenvalue weighted by Crippen LogP contribution is -1.93. The van der Waals surface area contributed by atoms with Gasteiger partial charge in [-0.25, -0.2) is 15.0 Å². The third-order valence-corrected chi connectivity index (χ3v) is 4.22. The average Bonchev–Trinajstić information content (AvgIpc) is 2.80. The summed E-state index contributed by atoms with van der Waals surface area (Å²) in [5, 5.41) is 4.62. The molecule has 0 bridgehead atoms. The average molecular weight is 331 g/mol. The van der Waals surface area contributed by atoms with Crippen molar-refractivity contribution in [2.45, 2.75) is 6.92 Å². The molecule has 3 rings (SSSR count). The van der Waals surface area contributed by atoms with Crippen LogP contribution in [0.3, 0.4) is 0 Å². The van der Waals surface area contributed by atoms with Gasteiger partial charge in [-0.2, -0.15) is 0 Å². The van der Waals surface area contributed by atoms with Gasteiger partial charge in [0.1, 0.15) is 10.8 Å². The van der Waals surface area contributed by atoms with E-state index in [1.165, 1.54) is 11.3 Å². The first-order valence-corrected chi connectivity index (χ1v) is 7.31. The van der Waals surface area contributed by atoms with Gasteiger partial charge in [-0.05, 0) is 19.1 Å². The van der Waals surface area contributed by atoms with Crippen LogP contribution < -0.4 is 0 Å². The number of thiazole rings is 1. The maximum absolute atomic E-state index is 6.18. The number of fused-ring (bicyclic) bond motifs is 1. The number of nitrogens with zero attached hydrogens (tertiary/aromatic N) is 3. The molecular weight excluding hydrogens is 325 g/mol. The molecule has 0 saturated carbocycles. The number of hydrogen-bond acceptors (Lipinski definition) is 4. The molecule has 0 atom stereocenters. The SMILES string of the molecule is Cc1nc(-c2nc(Cl)c3c(Cl)ccc(Cl)c3n2)cs1. The van der Waals surface area contributed by atoms with Gasteiger partial charge in [0.25, 0.3) is 0 Å². The highest BCUT2D eigenvalue weighted by atomic mass is 35.5. The molecule has 0 N–H and O–H groups in total. The first kappa shape index (κ1) is 13.1. The van der Waals surface area contributed by atoms with E-state index < -0.39 is 0 Å². The Kier molecular flexibility index (Phi) is 3.35. The first-order chi connectivity index (χ1) is 9.06. The maximum atomic E-state index is 6.18. The van der Waals surface area contributed by atoms with Crippen LogP contribution in [0.15, 0.2) is 17.5 Å². The van der Waals surface area contributed by atoms with E-state index >= 15 is 0 Å². The third kappa shape index (κ3) is 2.30. The molecule has 1 aromatic carbocycles. The fraction of sp³-hybridized carbons (Fsp3) is 0.0833. The van der Waals surface area contributed by atoms with Gasteiger partial charge in [0.2, 0.25) is 0 Å². The van der Waals surface area contributed by atoms with Gasteiger partial charge in [-0.1, -0.05) is 34.8 Å². The summed E-state index contributed by atoms with van der Waals surface area (Å²) in [5.41, 5.74) is 1.22. The number of aromatic nitrogens is 3. The number of aryl methyl sites for hydroxylation is 1. The van der Waals surface area contributed by atoms with Gasteiger partial charge in [-0.15, -0.1) is 11.3 Å². The van der Waals surface area contributed by atoms with Crippen molar-refractivity contribution in [3.63, 3.8) is 0 Å². The Bertz CT molecular complexity index is 785. The van der Waals surface area contributed by atoms with Crippen LogP contribution in [0.4, 0.5) is 0 Å². The van der Waals surface area contributed by atoms with Crippen LogP contribution in [0.2, 0.25) is 15.2 Å².